The molecule has 0 radical (unpaired) electrons. The lowest BCUT2D eigenvalue weighted by Gasteiger charge is -2.09. The predicted octanol–water partition coefficient (Wildman–Crippen LogP) is 3.99. The van der Waals surface area contributed by atoms with Gasteiger partial charge in [-0.25, -0.2) is 4.68 Å². The van der Waals surface area contributed by atoms with Gasteiger partial charge in [-0.3, -0.25) is 4.79 Å². The number of thiophene rings is 1. The molecule has 0 aliphatic carbocycles. The maximum atomic E-state index is 12.1. The van der Waals surface area contributed by atoms with Crippen LogP contribution in [0, 0.1) is 13.8 Å². The van der Waals surface area contributed by atoms with Gasteiger partial charge in [0.1, 0.15) is 5.02 Å². The number of aromatic nitrogens is 2. The van der Waals surface area contributed by atoms with Crippen molar-refractivity contribution < 1.29 is 0 Å². The van der Waals surface area contributed by atoms with E-state index in [9.17, 15) is 4.79 Å². The first-order chi connectivity index (χ1) is 10.0. The molecule has 2 aromatic heterocycles. The smallest absolute Gasteiger partial charge is 0.287 e. The van der Waals surface area contributed by atoms with Gasteiger partial charge in [-0.05, 0) is 31.9 Å². The van der Waals surface area contributed by atoms with Crippen molar-refractivity contribution in [1.29, 1.82) is 0 Å². The lowest BCUT2D eigenvalue weighted by molar-refractivity contribution is 0.543. The summed E-state index contributed by atoms with van der Waals surface area (Å²) in [7, 11) is 0. The molecule has 4 nitrogen and oxygen atoms in total. The number of anilines is 1. The van der Waals surface area contributed by atoms with Crippen LogP contribution in [0.5, 0.6) is 0 Å². The van der Waals surface area contributed by atoms with Crippen molar-refractivity contribution in [1.82, 2.24) is 9.78 Å². The van der Waals surface area contributed by atoms with Crippen molar-refractivity contribution in [3.8, 4) is 0 Å². The number of nitrogens with one attached hydrogen (secondary N) is 1. The van der Waals surface area contributed by atoms with Gasteiger partial charge in [0.15, 0.2) is 0 Å². The monoisotopic (exact) mass is 325 g/mol. The molecule has 0 unspecified atom stereocenters. The van der Waals surface area contributed by atoms with Crippen molar-refractivity contribution in [2.45, 2.75) is 46.7 Å². The highest BCUT2D eigenvalue weighted by Crippen LogP contribution is 2.23. The zero-order valence-electron chi connectivity index (χ0n) is 12.6. The van der Waals surface area contributed by atoms with Crippen LogP contribution in [-0.2, 0) is 13.1 Å². The minimum atomic E-state index is -0.228. The summed E-state index contributed by atoms with van der Waals surface area (Å²) in [5, 5.41) is 7.58. The zero-order chi connectivity index (χ0) is 15.4. The standard InChI is InChI=1S/C15H20ClN3OS/c1-4-5-6-19-15(20)14(16)13(9-18-19)17-8-12-7-10(2)11(3)21-12/h7,9,17H,4-6,8H2,1-3H3. The molecule has 0 spiro atoms. The summed E-state index contributed by atoms with van der Waals surface area (Å²) in [6, 6.07) is 2.15. The van der Waals surface area contributed by atoms with Crippen LogP contribution in [0.4, 0.5) is 5.69 Å². The van der Waals surface area contributed by atoms with Gasteiger partial charge in [0, 0.05) is 22.8 Å². The third-order valence-corrected chi connectivity index (χ3v) is 4.90. The van der Waals surface area contributed by atoms with Crippen LogP contribution in [0.25, 0.3) is 0 Å². The topological polar surface area (TPSA) is 46.9 Å². The molecule has 2 heterocycles. The molecule has 0 bridgehead atoms. The second-order valence-corrected chi connectivity index (χ2v) is 6.78. The quantitative estimate of drug-likeness (QED) is 0.873. The second kappa shape index (κ2) is 7.09. The minimum Gasteiger partial charge on any atom is -0.377 e. The molecule has 6 heteroatoms. The molecule has 0 aliphatic rings. The second-order valence-electron chi connectivity index (χ2n) is 5.06. The Morgan fingerprint density at radius 3 is 2.81 bits per heavy atom. The van der Waals surface area contributed by atoms with Crippen molar-refractivity contribution >= 4 is 28.6 Å². The molecular weight excluding hydrogens is 306 g/mol. The van der Waals surface area contributed by atoms with E-state index >= 15 is 0 Å². The average molecular weight is 326 g/mol. The number of aryl methyl sites for hydroxylation is 3. The summed E-state index contributed by atoms with van der Waals surface area (Å²) in [6.07, 6.45) is 3.57. The minimum absolute atomic E-state index is 0.214. The first-order valence-corrected chi connectivity index (χ1v) is 8.27. The van der Waals surface area contributed by atoms with Crippen LogP contribution in [0.2, 0.25) is 5.02 Å². The van der Waals surface area contributed by atoms with Crippen LogP contribution in [0.15, 0.2) is 17.1 Å². The van der Waals surface area contributed by atoms with Crippen LogP contribution >= 0.6 is 22.9 Å². The Balaban J connectivity index is 2.10. The van der Waals surface area contributed by atoms with E-state index in [1.54, 1.807) is 17.5 Å². The summed E-state index contributed by atoms with van der Waals surface area (Å²) in [5.41, 5.74) is 1.66. The van der Waals surface area contributed by atoms with E-state index in [0.29, 0.717) is 18.8 Å². The van der Waals surface area contributed by atoms with Crippen molar-refractivity contribution in [2.75, 3.05) is 5.32 Å². The number of hydrogen-bond donors (Lipinski definition) is 1. The molecule has 0 fully saturated rings. The van der Waals surface area contributed by atoms with Gasteiger partial charge < -0.3 is 5.32 Å². The molecule has 0 aromatic carbocycles. The fraction of sp³-hybridized carbons (Fsp3) is 0.467. The van der Waals surface area contributed by atoms with Gasteiger partial charge in [-0.1, -0.05) is 24.9 Å². The van der Waals surface area contributed by atoms with E-state index in [1.165, 1.54) is 20.0 Å². The highest BCUT2D eigenvalue weighted by Gasteiger charge is 2.09. The maximum Gasteiger partial charge on any atom is 0.287 e. The van der Waals surface area contributed by atoms with E-state index in [1.807, 2.05) is 0 Å². The van der Waals surface area contributed by atoms with Crippen molar-refractivity contribution in [2.24, 2.45) is 0 Å². The van der Waals surface area contributed by atoms with Gasteiger partial charge in [0.2, 0.25) is 0 Å². The fourth-order valence-electron chi connectivity index (χ4n) is 1.97. The predicted molar refractivity (Wildman–Crippen MR) is 89.5 cm³/mol. The number of halogens is 1. The highest BCUT2D eigenvalue weighted by atomic mass is 35.5. The Bertz CT molecular complexity index is 659. The summed E-state index contributed by atoms with van der Waals surface area (Å²) in [6.45, 7) is 7.54. The number of unbranched alkanes of at least 4 members (excludes halogenated alkanes) is 1. The average Bonchev–Trinajstić information content (AvgIpc) is 2.78. The molecule has 0 amide bonds. The third kappa shape index (κ3) is 3.86. The maximum absolute atomic E-state index is 12.1. The van der Waals surface area contributed by atoms with Gasteiger partial charge in [0.05, 0.1) is 11.9 Å². The fourth-order valence-corrected chi connectivity index (χ4v) is 3.18. The van der Waals surface area contributed by atoms with E-state index in [-0.39, 0.29) is 10.6 Å². The molecule has 1 N–H and O–H groups in total. The van der Waals surface area contributed by atoms with E-state index in [0.717, 1.165) is 12.8 Å². The van der Waals surface area contributed by atoms with Gasteiger partial charge in [0.25, 0.3) is 5.56 Å². The molecule has 2 rings (SSSR count). The summed E-state index contributed by atoms with van der Waals surface area (Å²) >= 11 is 7.90. The summed E-state index contributed by atoms with van der Waals surface area (Å²) in [4.78, 5) is 14.6. The number of rotatable bonds is 6. The van der Waals surface area contributed by atoms with Gasteiger partial charge >= 0.3 is 0 Å². The van der Waals surface area contributed by atoms with E-state index < -0.39 is 0 Å². The summed E-state index contributed by atoms with van der Waals surface area (Å²) in [5.74, 6) is 0. The lowest BCUT2D eigenvalue weighted by Crippen LogP contribution is -2.24. The molecule has 2 aromatic rings. The van der Waals surface area contributed by atoms with Crippen molar-refractivity contribution in [3.05, 3.63) is 43.0 Å². The van der Waals surface area contributed by atoms with Crippen LogP contribution in [-0.4, -0.2) is 9.78 Å². The van der Waals surface area contributed by atoms with Gasteiger partial charge in [-0.15, -0.1) is 11.3 Å². The number of hydrogen-bond acceptors (Lipinski definition) is 4. The van der Waals surface area contributed by atoms with Crippen LogP contribution < -0.4 is 10.9 Å². The zero-order valence-corrected chi connectivity index (χ0v) is 14.1. The van der Waals surface area contributed by atoms with E-state index in [4.69, 9.17) is 11.6 Å². The summed E-state index contributed by atoms with van der Waals surface area (Å²) < 4.78 is 1.43. The van der Waals surface area contributed by atoms with Gasteiger partial charge in [-0.2, -0.15) is 5.10 Å². The Kier molecular flexibility index (Phi) is 5.42. The normalized spacial score (nSPS) is 10.9. The molecular formula is C15H20ClN3OS. The SMILES string of the molecule is CCCCn1ncc(NCc2cc(C)c(C)s2)c(Cl)c1=O. The van der Waals surface area contributed by atoms with Crippen molar-refractivity contribution in [3.63, 3.8) is 0 Å². The van der Waals surface area contributed by atoms with E-state index in [2.05, 4.69) is 37.3 Å². The molecule has 0 atom stereocenters. The largest absolute Gasteiger partial charge is 0.377 e. The Morgan fingerprint density at radius 1 is 1.43 bits per heavy atom. The molecule has 21 heavy (non-hydrogen) atoms. The molecule has 0 saturated heterocycles. The lowest BCUT2D eigenvalue weighted by atomic mass is 10.3. The third-order valence-electron chi connectivity index (χ3n) is 3.38. The first kappa shape index (κ1) is 16.0. The molecule has 114 valence electrons. The van der Waals surface area contributed by atoms with Crippen LogP contribution in [0.1, 0.15) is 35.1 Å². The van der Waals surface area contributed by atoms with Crippen LogP contribution in [0.3, 0.4) is 0 Å². The molecule has 0 aliphatic heterocycles. The highest BCUT2D eigenvalue weighted by molar-refractivity contribution is 7.12. The first-order valence-electron chi connectivity index (χ1n) is 7.08. The Labute approximate surface area is 133 Å². The molecule has 0 saturated carbocycles. The number of nitrogens with zero attached hydrogens (tertiary/aromatic N) is 2. The Hall–Kier alpha value is -1.33. The Morgan fingerprint density at radius 2 is 2.19 bits per heavy atom.